The first kappa shape index (κ1) is 14.9. The number of benzene rings is 2. The Kier molecular flexibility index (Phi) is 5.05. The highest BCUT2D eigenvalue weighted by molar-refractivity contribution is 6.30. The molecule has 2 aromatic rings. The summed E-state index contributed by atoms with van der Waals surface area (Å²) in [5.41, 5.74) is 8.12. The van der Waals surface area contributed by atoms with E-state index < -0.39 is 0 Å². The van der Waals surface area contributed by atoms with Crippen LogP contribution in [0.15, 0.2) is 42.5 Å². The van der Waals surface area contributed by atoms with Crippen molar-refractivity contribution in [2.75, 3.05) is 0 Å². The average Bonchev–Trinajstić information content (AvgIpc) is 2.42. The van der Waals surface area contributed by atoms with E-state index in [4.69, 9.17) is 22.1 Å². The minimum absolute atomic E-state index is 0.0669. The molecular formula is C17H20ClNO. The molecule has 0 amide bonds. The lowest BCUT2D eigenvalue weighted by atomic mass is 10.1. The SMILES string of the molecule is CCc1ccccc1Oc1ccc(Cl)cc1CC(C)N. The van der Waals surface area contributed by atoms with Crippen LogP contribution in [0.3, 0.4) is 0 Å². The van der Waals surface area contributed by atoms with E-state index in [1.165, 1.54) is 5.56 Å². The summed E-state index contributed by atoms with van der Waals surface area (Å²) in [7, 11) is 0. The average molecular weight is 290 g/mol. The predicted octanol–water partition coefficient (Wildman–Crippen LogP) is 4.58. The summed E-state index contributed by atoms with van der Waals surface area (Å²) in [6.07, 6.45) is 1.68. The van der Waals surface area contributed by atoms with Gasteiger partial charge in [-0.15, -0.1) is 0 Å². The van der Waals surface area contributed by atoms with Crippen molar-refractivity contribution in [3.8, 4) is 11.5 Å². The van der Waals surface area contributed by atoms with E-state index in [9.17, 15) is 0 Å². The number of para-hydroxylation sites is 1. The van der Waals surface area contributed by atoms with Crippen molar-refractivity contribution in [3.63, 3.8) is 0 Å². The maximum absolute atomic E-state index is 6.07. The first-order valence-electron chi connectivity index (χ1n) is 6.90. The summed E-state index contributed by atoms with van der Waals surface area (Å²) in [4.78, 5) is 0. The van der Waals surface area contributed by atoms with Crippen molar-refractivity contribution in [1.29, 1.82) is 0 Å². The van der Waals surface area contributed by atoms with Gasteiger partial charge in [0.25, 0.3) is 0 Å². The second-order valence-corrected chi connectivity index (χ2v) is 5.43. The fraction of sp³-hybridized carbons (Fsp3) is 0.294. The van der Waals surface area contributed by atoms with E-state index in [1.807, 2.05) is 43.3 Å². The molecular weight excluding hydrogens is 270 g/mol. The highest BCUT2D eigenvalue weighted by Crippen LogP contribution is 2.30. The zero-order valence-corrected chi connectivity index (χ0v) is 12.7. The summed E-state index contributed by atoms with van der Waals surface area (Å²) in [5, 5.41) is 0.705. The quantitative estimate of drug-likeness (QED) is 0.874. The maximum Gasteiger partial charge on any atom is 0.130 e. The van der Waals surface area contributed by atoms with E-state index in [0.29, 0.717) is 5.02 Å². The van der Waals surface area contributed by atoms with Gasteiger partial charge in [-0.1, -0.05) is 36.7 Å². The first-order chi connectivity index (χ1) is 9.60. The summed E-state index contributed by atoms with van der Waals surface area (Å²) in [6.45, 7) is 4.09. The van der Waals surface area contributed by atoms with Crippen molar-refractivity contribution in [2.24, 2.45) is 5.73 Å². The topological polar surface area (TPSA) is 35.2 Å². The van der Waals surface area contributed by atoms with Crippen LogP contribution in [0.1, 0.15) is 25.0 Å². The van der Waals surface area contributed by atoms with Crippen LogP contribution in [0.2, 0.25) is 5.02 Å². The van der Waals surface area contributed by atoms with Crippen LogP contribution in [-0.4, -0.2) is 6.04 Å². The number of hydrogen-bond acceptors (Lipinski definition) is 2. The van der Waals surface area contributed by atoms with Crippen molar-refractivity contribution in [3.05, 3.63) is 58.6 Å². The monoisotopic (exact) mass is 289 g/mol. The van der Waals surface area contributed by atoms with Gasteiger partial charge in [0.1, 0.15) is 11.5 Å². The Labute approximate surface area is 125 Å². The Bertz CT molecular complexity index is 581. The Morgan fingerprint density at radius 2 is 1.80 bits per heavy atom. The number of hydrogen-bond donors (Lipinski definition) is 1. The second kappa shape index (κ2) is 6.78. The van der Waals surface area contributed by atoms with Gasteiger partial charge in [-0.2, -0.15) is 0 Å². The predicted molar refractivity (Wildman–Crippen MR) is 84.7 cm³/mol. The lowest BCUT2D eigenvalue weighted by Crippen LogP contribution is -2.18. The summed E-state index contributed by atoms with van der Waals surface area (Å²) in [6, 6.07) is 13.8. The molecule has 1 unspecified atom stereocenters. The van der Waals surface area contributed by atoms with Crippen molar-refractivity contribution < 1.29 is 4.74 Å². The molecule has 0 aliphatic rings. The van der Waals surface area contributed by atoms with Gasteiger partial charge in [-0.05, 0) is 55.2 Å². The molecule has 0 radical (unpaired) electrons. The molecule has 3 heteroatoms. The Morgan fingerprint density at radius 3 is 2.50 bits per heavy atom. The Hall–Kier alpha value is -1.51. The molecule has 2 rings (SSSR count). The Morgan fingerprint density at radius 1 is 1.10 bits per heavy atom. The van der Waals surface area contributed by atoms with Gasteiger partial charge in [0, 0.05) is 11.1 Å². The molecule has 0 fully saturated rings. The molecule has 0 heterocycles. The third-order valence-electron chi connectivity index (χ3n) is 3.14. The standard InChI is InChI=1S/C17H20ClNO/c1-3-13-6-4-5-7-16(13)20-17-9-8-15(18)11-14(17)10-12(2)19/h4-9,11-12H,3,10,19H2,1-2H3. The van der Waals surface area contributed by atoms with Crippen LogP contribution >= 0.6 is 11.6 Å². The molecule has 0 saturated carbocycles. The van der Waals surface area contributed by atoms with E-state index in [1.54, 1.807) is 0 Å². The van der Waals surface area contributed by atoms with Crippen LogP contribution in [-0.2, 0) is 12.8 Å². The second-order valence-electron chi connectivity index (χ2n) is 5.00. The molecule has 0 aliphatic heterocycles. The zero-order valence-electron chi connectivity index (χ0n) is 11.9. The summed E-state index contributed by atoms with van der Waals surface area (Å²) >= 11 is 6.07. The number of halogens is 1. The molecule has 20 heavy (non-hydrogen) atoms. The van der Waals surface area contributed by atoms with Crippen LogP contribution in [0.25, 0.3) is 0 Å². The molecule has 106 valence electrons. The molecule has 0 bridgehead atoms. The van der Waals surface area contributed by atoms with Gasteiger partial charge in [-0.25, -0.2) is 0 Å². The molecule has 1 atom stereocenters. The third-order valence-corrected chi connectivity index (χ3v) is 3.37. The van der Waals surface area contributed by atoms with Crippen molar-refractivity contribution >= 4 is 11.6 Å². The van der Waals surface area contributed by atoms with Crippen molar-refractivity contribution in [1.82, 2.24) is 0 Å². The van der Waals surface area contributed by atoms with Gasteiger partial charge in [0.05, 0.1) is 0 Å². The third kappa shape index (κ3) is 3.75. The Balaban J connectivity index is 2.33. The molecule has 0 aliphatic carbocycles. The largest absolute Gasteiger partial charge is 0.457 e. The summed E-state index contributed by atoms with van der Waals surface area (Å²) < 4.78 is 6.07. The number of nitrogens with two attached hydrogens (primary N) is 1. The minimum atomic E-state index is 0.0669. The fourth-order valence-corrected chi connectivity index (χ4v) is 2.36. The molecule has 2 aromatic carbocycles. The van der Waals surface area contributed by atoms with E-state index in [-0.39, 0.29) is 6.04 Å². The van der Waals surface area contributed by atoms with E-state index in [0.717, 1.165) is 29.9 Å². The lowest BCUT2D eigenvalue weighted by Gasteiger charge is -2.15. The highest BCUT2D eigenvalue weighted by atomic mass is 35.5. The fourth-order valence-electron chi connectivity index (χ4n) is 2.17. The molecule has 0 spiro atoms. The highest BCUT2D eigenvalue weighted by Gasteiger charge is 2.10. The zero-order chi connectivity index (χ0) is 14.5. The van der Waals surface area contributed by atoms with Crippen molar-refractivity contribution in [2.45, 2.75) is 32.7 Å². The molecule has 0 saturated heterocycles. The minimum Gasteiger partial charge on any atom is -0.457 e. The number of aryl methyl sites for hydroxylation is 1. The van der Waals surface area contributed by atoms with Gasteiger partial charge >= 0.3 is 0 Å². The smallest absolute Gasteiger partial charge is 0.130 e. The lowest BCUT2D eigenvalue weighted by molar-refractivity contribution is 0.468. The number of ether oxygens (including phenoxy) is 1. The van der Waals surface area contributed by atoms with Crippen LogP contribution in [0, 0.1) is 0 Å². The maximum atomic E-state index is 6.07. The van der Waals surface area contributed by atoms with E-state index in [2.05, 4.69) is 13.0 Å². The van der Waals surface area contributed by atoms with Gasteiger partial charge < -0.3 is 10.5 Å². The summed E-state index contributed by atoms with van der Waals surface area (Å²) in [5.74, 6) is 1.72. The molecule has 2 N–H and O–H groups in total. The van der Waals surface area contributed by atoms with Crippen LogP contribution < -0.4 is 10.5 Å². The molecule has 0 aromatic heterocycles. The number of rotatable bonds is 5. The normalized spacial score (nSPS) is 12.2. The molecule has 2 nitrogen and oxygen atoms in total. The van der Waals surface area contributed by atoms with Crippen LogP contribution in [0.5, 0.6) is 11.5 Å². The van der Waals surface area contributed by atoms with Gasteiger partial charge in [0.2, 0.25) is 0 Å². The van der Waals surface area contributed by atoms with E-state index >= 15 is 0 Å². The van der Waals surface area contributed by atoms with Crippen LogP contribution in [0.4, 0.5) is 0 Å². The first-order valence-corrected chi connectivity index (χ1v) is 7.27. The van der Waals surface area contributed by atoms with Gasteiger partial charge in [-0.3, -0.25) is 0 Å². The van der Waals surface area contributed by atoms with Gasteiger partial charge in [0.15, 0.2) is 0 Å².